The van der Waals surface area contributed by atoms with Crippen molar-refractivity contribution in [3.05, 3.63) is 45.3 Å². The second kappa shape index (κ2) is 11.7. The van der Waals surface area contributed by atoms with Crippen LogP contribution in [-0.2, 0) is 30.3 Å². The molecule has 0 bridgehead atoms. The van der Waals surface area contributed by atoms with Crippen LogP contribution >= 0.6 is 20.2 Å². The molecule has 3 aromatic heterocycles. The van der Waals surface area contributed by atoms with Crippen molar-refractivity contribution in [3.63, 3.8) is 0 Å². The van der Waals surface area contributed by atoms with E-state index < -0.39 is 42.6 Å². The monoisotopic (exact) mass is 601 g/mol. The van der Waals surface area contributed by atoms with E-state index in [-0.39, 0.29) is 37.9 Å². The van der Waals surface area contributed by atoms with Crippen molar-refractivity contribution in [2.45, 2.75) is 70.8 Å². The summed E-state index contributed by atoms with van der Waals surface area (Å²) in [6, 6.07) is 0. The number of aromatic amines is 1. The molecule has 3 aromatic rings. The number of hydrogen-bond acceptors (Lipinski definition) is 11. The smallest absolute Gasteiger partial charge is 0.330 e. The maximum absolute atomic E-state index is 12.3. The van der Waals surface area contributed by atoms with Gasteiger partial charge in [-0.15, -0.1) is 0 Å². The molecule has 2 fully saturated rings. The van der Waals surface area contributed by atoms with Crippen LogP contribution in [0.15, 0.2) is 28.4 Å². The Hall–Kier alpha value is -2.17. The lowest BCUT2D eigenvalue weighted by Gasteiger charge is -2.24. The fourth-order valence-corrected chi connectivity index (χ4v) is 6.31. The Balaban J connectivity index is 0.00000353. The van der Waals surface area contributed by atoms with Gasteiger partial charge in [0.15, 0.2) is 11.5 Å². The van der Waals surface area contributed by atoms with E-state index >= 15 is 0 Å². The molecule has 0 spiro atoms. The van der Waals surface area contributed by atoms with Gasteiger partial charge in [0.1, 0.15) is 24.3 Å². The minimum Gasteiger partial charge on any atom is -0.382 e. The molecule has 5 rings (SSSR count). The number of rotatable bonds is 8. The van der Waals surface area contributed by atoms with E-state index in [1.165, 1.54) is 17.1 Å². The predicted molar refractivity (Wildman–Crippen MR) is 150 cm³/mol. The number of nitrogen functional groups attached to an aromatic ring is 1. The Morgan fingerprint density at radius 2 is 1.92 bits per heavy atom. The molecule has 0 amide bonds. The molecule has 2 aliphatic heterocycles. The fourth-order valence-electron chi connectivity index (χ4n) is 4.84. The second-order valence-corrected chi connectivity index (χ2v) is 12.4. The molecule has 39 heavy (non-hydrogen) atoms. The third-order valence-corrected chi connectivity index (χ3v) is 8.53. The number of H-pyrrole nitrogens is 1. The van der Waals surface area contributed by atoms with Gasteiger partial charge in [-0.3, -0.25) is 18.9 Å². The number of ether oxygens (including phenoxy) is 2. The van der Waals surface area contributed by atoms with Gasteiger partial charge in [0.05, 0.1) is 31.2 Å². The average Bonchev–Trinajstić information content (AvgIpc) is 3.57. The summed E-state index contributed by atoms with van der Waals surface area (Å²) < 4.78 is 26.9. The number of imidazole rings is 1. The van der Waals surface area contributed by atoms with E-state index in [9.17, 15) is 14.5 Å². The van der Waals surface area contributed by atoms with Crippen LogP contribution in [0.1, 0.15) is 51.1 Å². The van der Waals surface area contributed by atoms with Gasteiger partial charge in [0.25, 0.3) is 5.56 Å². The first-order chi connectivity index (χ1) is 18.1. The van der Waals surface area contributed by atoms with Gasteiger partial charge in [0, 0.05) is 18.2 Å². The van der Waals surface area contributed by atoms with Gasteiger partial charge in [0.2, 0.25) is 0 Å². The highest BCUT2D eigenvalue weighted by molar-refractivity contribution is 8.07. The molecule has 4 N–H and O–H groups in total. The van der Waals surface area contributed by atoms with Gasteiger partial charge in [-0.25, -0.2) is 19.7 Å². The van der Waals surface area contributed by atoms with Gasteiger partial charge >= 0.3 is 12.4 Å². The third kappa shape index (κ3) is 6.12. The summed E-state index contributed by atoms with van der Waals surface area (Å²) in [5.41, 5.74) is 6.34. The van der Waals surface area contributed by atoms with Crippen LogP contribution in [0, 0.1) is 12.8 Å². The van der Waals surface area contributed by atoms with E-state index in [1.54, 1.807) is 17.8 Å². The molecule has 0 saturated carbocycles. The fraction of sp³-hybridized carbons (Fsp3) is 0.591. The molecule has 0 radical (unpaired) electrons. The molecule has 2 aliphatic rings. The van der Waals surface area contributed by atoms with Crippen molar-refractivity contribution >= 4 is 49.0 Å². The van der Waals surface area contributed by atoms with Gasteiger partial charge in [-0.1, -0.05) is 13.8 Å². The molecule has 7 atom stereocenters. The van der Waals surface area contributed by atoms with Crippen molar-refractivity contribution in [3.8, 4) is 0 Å². The molecular formula is C22H32N7O7PS2. The quantitative estimate of drug-likeness (QED) is 0.318. The number of anilines is 1. The lowest BCUT2D eigenvalue weighted by molar-refractivity contribution is -0.0349. The second-order valence-electron chi connectivity index (χ2n) is 9.59. The summed E-state index contributed by atoms with van der Waals surface area (Å²) in [6.45, 7) is 1.85. The van der Waals surface area contributed by atoms with Crippen LogP contribution in [0.5, 0.6) is 0 Å². The summed E-state index contributed by atoms with van der Waals surface area (Å²) in [4.78, 5) is 49.6. The molecule has 0 aromatic carbocycles. The lowest BCUT2D eigenvalue weighted by Crippen LogP contribution is -2.33. The average molecular weight is 602 g/mol. The minimum atomic E-state index is -3.66. The lowest BCUT2D eigenvalue weighted by atomic mass is 10.0. The number of aryl methyl sites for hydroxylation is 1. The molecule has 1 unspecified atom stereocenters. The number of nitrogens with one attached hydrogen (secondary N) is 1. The van der Waals surface area contributed by atoms with Crippen molar-refractivity contribution in [2.24, 2.45) is 5.92 Å². The van der Waals surface area contributed by atoms with Crippen LogP contribution in [-0.4, -0.2) is 58.9 Å². The molecule has 14 nitrogen and oxygen atoms in total. The first kappa shape index (κ1) is 29.8. The Bertz CT molecular complexity index is 1500. The summed E-state index contributed by atoms with van der Waals surface area (Å²) in [7, 11) is 0. The number of nitrogens with two attached hydrogens (primary N) is 1. The van der Waals surface area contributed by atoms with Crippen molar-refractivity contribution in [1.82, 2.24) is 29.1 Å². The summed E-state index contributed by atoms with van der Waals surface area (Å²) in [5.74, 6) is 0.276. The summed E-state index contributed by atoms with van der Waals surface area (Å²) in [5, 5.41) is 0. The highest BCUT2D eigenvalue weighted by Gasteiger charge is 2.41. The van der Waals surface area contributed by atoms with E-state index in [4.69, 9.17) is 36.1 Å². The Morgan fingerprint density at radius 1 is 1.21 bits per heavy atom. The Morgan fingerprint density at radius 3 is 2.67 bits per heavy atom. The summed E-state index contributed by atoms with van der Waals surface area (Å²) >= 11 is 5.32. The maximum Gasteiger partial charge on any atom is 0.330 e. The zero-order chi connectivity index (χ0) is 27.2. The molecule has 5 heterocycles. The first-order valence-corrected chi connectivity index (χ1v) is 14.9. The van der Waals surface area contributed by atoms with Crippen LogP contribution < -0.4 is 17.0 Å². The highest BCUT2D eigenvalue weighted by Crippen LogP contribution is 2.50. The van der Waals surface area contributed by atoms with Gasteiger partial charge < -0.3 is 29.1 Å². The van der Waals surface area contributed by atoms with E-state index in [0.29, 0.717) is 36.0 Å². The molecule has 17 heteroatoms. The predicted octanol–water partition coefficient (Wildman–Crippen LogP) is 1.62. The number of nitrogens with zero attached hydrogens (tertiary/aromatic N) is 5. The van der Waals surface area contributed by atoms with Crippen molar-refractivity contribution in [1.29, 1.82) is 0 Å². The number of aromatic nitrogens is 6. The van der Waals surface area contributed by atoms with E-state index in [0.717, 1.165) is 0 Å². The number of fused-ring (bicyclic) bond motifs is 1. The van der Waals surface area contributed by atoms with E-state index in [1.807, 2.05) is 13.8 Å². The highest BCUT2D eigenvalue weighted by atomic mass is 32.5. The standard InChI is InChI=1S/C22H30N7O7PS.H2S/c1-4-13-14(6-17(34-13)29-10-26-18-19(23)24-9-25-20(18)29)36-37(32,38)33-8-15-11(2)5-16(35-15)28-7-12(3)21(30)27-22(28)31;/h7,9-11,13-17H,4-6,8H2,1-3H3,(H,32,38)(H2,23,24,25)(H,27,30,31);1H2/t11-,13+,14-,15+,16+,17+,37?;/m0./s1. The SMILES string of the molecule is CC[C@H]1O[C@@H](n2cnc3c(N)ncnc32)C[C@@H]1OP(O)(=S)OC[C@H]1O[C@@H](n2cc(C)c(=O)[nH]c2=O)C[C@@H]1C.S. The van der Waals surface area contributed by atoms with Crippen LogP contribution in [0.4, 0.5) is 5.82 Å². The number of hydrogen-bond donors (Lipinski definition) is 3. The largest absolute Gasteiger partial charge is 0.382 e. The summed E-state index contributed by atoms with van der Waals surface area (Å²) in [6.07, 6.45) is 3.66. The maximum atomic E-state index is 12.3. The molecular weight excluding hydrogens is 569 g/mol. The first-order valence-electron chi connectivity index (χ1n) is 12.3. The zero-order valence-corrected chi connectivity index (χ0v) is 24.3. The molecule has 2 saturated heterocycles. The van der Waals surface area contributed by atoms with Gasteiger partial charge in [-0.05, 0) is 37.5 Å². The Kier molecular flexibility index (Phi) is 8.98. The van der Waals surface area contributed by atoms with Crippen LogP contribution in [0.3, 0.4) is 0 Å². The zero-order valence-electron chi connectivity index (χ0n) is 21.6. The van der Waals surface area contributed by atoms with Crippen LogP contribution in [0.2, 0.25) is 0 Å². The van der Waals surface area contributed by atoms with Crippen LogP contribution in [0.25, 0.3) is 11.2 Å². The Labute approximate surface area is 235 Å². The van der Waals surface area contributed by atoms with Gasteiger partial charge in [-0.2, -0.15) is 13.5 Å². The third-order valence-electron chi connectivity index (χ3n) is 6.95. The molecule has 0 aliphatic carbocycles. The molecule has 214 valence electrons. The van der Waals surface area contributed by atoms with Crippen molar-refractivity contribution < 1.29 is 23.4 Å². The topological polar surface area (TPSA) is 182 Å². The normalized spacial score (nSPS) is 28.4. The minimum absolute atomic E-state index is 0. The van der Waals surface area contributed by atoms with E-state index in [2.05, 4.69) is 19.9 Å². The van der Waals surface area contributed by atoms with Crippen molar-refractivity contribution in [2.75, 3.05) is 12.3 Å².